The van der Waals surface area contributed by atoms with Crippen LogP contribution >= 0.6 is 0 Å². The van der Waals surface area contributed by atoms with Crippen molar-refractivity contribution in [2.24, 2.45) is 5.41 Å². The number of benzene rings is 1. The normalized spacial score (nSPS) is 23.0. The summed E-state index contributed by atoms with van der Waals surface area (Å²) in [6, 6.07) is 7.91. The molecule has 1 heterocycles. The molecule has 1 aromatic carbocycles. The van der Waals surface area contributed by atoms with Gasteiger partial charge in [-0.05, 0) is 37.0 Å². The third kappa shape index (κ3) is 3.31. The molecule has 1 amide bonds. The Morgan fingerprint density at radius 3 is 2.90 bits per heavy atom. The standard InChI is InChI=1S/C16H23NO3/c1-19-12-16(8-3-4-9-17-15(16)18)11-13-6-5-7-14(10-13)20-2/h5-7,10H,3-4,8-9,11-12H2,1-2H3,(H,17,18). The molecule has 0 bridgehead atoms. The van der Waals surface area contributed by atoms with Crippen LogP contribution < -0.4 is 10.1 Å². The van der Waals surface area contributed by atoms with Crippen molar-refractivity contribution < 1.29 is 14.3 Å². The molecule has 1 unspecified atom stereocenters. The quantitative estimate of drug-likeness (QED) is 0.897. The maximum Gasteiger partial charge on any atom is 0.228 e. The van der Waals surface area contributed by atoms with Crippen molar-refractivity contribution in [3.05, 3.63) is 29.8 Å². The van der Waals surface area contributed by atoms with Crippen molar-refractivity contribution in [2.45, 2.75) is 25.7 Å². The van der Waals surface area contributed by atoms with Gasteiger partial charge < -0.3 is 14.8 Å². The van der Waals surface area contributed by atoms with Crippen LogP contribution in [0.5, 0.6) is 5.75 Å². The molecule has 4 heteroatoms. The average molecular weight is 277 g/mol. The molecule has 1 atom stereocenters. The Morgan fingerprint density at radius 1 is 1.30 bits per heavy atom. The lowest BCUT2D eigenvalue weighted by Gasteiger charge is -2.30. The maximum absolute atomic E-state index is 12.5. The number of ether oxygens (including phenoxy) is 2. The number of nitrogens with one attached hydrogen (secondary N) is 1. The molecule has 0 radical (unpaired) electrons. The summed E-state index contributed by atoms with van der Waals surface area (Å²) in [5.41, 5.74) is 0.649. The van der Waals surface area contributed by atoms with Gasteiger partial charge in [0, 0.05) is 13.7 Å². The van der Waals surface area contributed by atoms with Gasteiger partial charge in [-0.3, -0.25) is 4.79 Å². The van der Waals surface area contributed by atoms with Crippen LogP contribution in [0.1, 0.15) is 24.8 Å². The SMILES string of the molecule is COCC1(Cc2cccc(OC)c2)CCCCNC1=O. The van der Waals surface area contributed by atoms with Crippen molar-refractivity contribution in [3.63, 3.8) is 0 Å². The van der Waals surface area contributed by atoms with Gasteiger partial charge in [-0.15, -0.1) is 0 Å². The lowest BCUT2D eigenvalue weighted by atomic mass is 9.77. The van der Waals surface area contributed by atoms with E-state index in [1.165, 1.54) is 0 Å². The number of carbonyl (C=O) groups is 1. The summed E-state index contributed by atoms with van der Waals surface area (Å²) >= 11 is 0. The Labute approximate surface area is 120 Å². The van der Waals surface area contributed by atoms with E-state index in [0.717, 1.165) is 37.1 Å². The minimum absolute atomic E-state index is 0.111. The lowest BCUT2D eigenvalue weighted by Crippen LogP contribution is -2.44. The second-order valence-electron chi connectivity index (χ2n) is 5.45. The van der Waals surface area contributed by atoms with E-state index in [9.17, 15) is 4.79 Å². The summed E-state index contributed by atoms with van der Waals surface area (Å²) < 4.78 is 10.6. The van der Waals surface area contributed by atoms with Gasteiger partial charge in [0.1, 0.15) is 5.75 Å². The van der Waals surface area contributed by atoms with Gasteiger partial charge in [0.2, 0.25) is 5.91 Å². The zero-order chi connectivity index (χ0) is 14.4. The zero-order valence-corrected chi connectivity index (χ0v) is 12.3. The minimum Gasteiger partial charge on any atom is -0.497 e. The molecule has 2 rings (SSSR count). The predicted molar refractivity (Wildman–Crippen MR) is 77.9 cm³/mol. The minimum atomic E-state index is -0.461. The number of carbonyl (C=O) groups excluding carboxylic acids is 1. The summed E-state index contributed by atoms with van der Waals surface area (Å²) in [5.74, 6) is 0.934. The van der Waals surface area contributed by atoms with Crippen molar-refractivity contribution in [3.8, 4) is 5.75 Å². The topological polar surface area (TPSA) is 47.6 Å². The predicted octanol–water partition coefficient (Wildman–Crippen LogP) is 2.17. The first kappa shape index (κ1) is 14.9. The van der Waals surface area contributed by atoms with Crippen LogP contribution in [0, 0.1) is 5.41 Å². The number of amides is 1. The van der Waals surface area contributed by atoms with Crippen LogP contribution in [0.25, 0.3) is 0 Å². The summed E-state index contributed by atoms with van der Waals surface area (Å²) in [6.45, 7) is 1.22. The van der Waals surface area contributed by atoms with E-state index in [1.54, 1.807) is 14.2 Å². The fraction of sp³-hybridized carbons (Fsp3) is 0.562. The molecule has 0 spiro atoms. The number of hydrogen-bond donors (Lipinski definition) is 1. The van der Waals surface area contributed by atoms with Crippen LogP contribution in [0.3, 0.4) is 0 Å². The number of methoxy groups -OCH3 is 2. The van der Waals surface area contributed by atoms with Gasteiger partial charge in [0.25, 0.3) is 0 Å². The van der Waals surface area contributed by atoms with Crippen LogP contribution in [0.4, 0.5) is 0 Å². The highest BCUT2D eigenvalue weighted by Crippen LogP contribution is 2.32. The Morgan fingerprint density at radius 2 is 2.15 bits per heavy atom. The van der Waals surface area contributed by atoms with Crippen molar-refractivity contribution in [2.75, 3.05) is 27.4 Å². The third-order valence-corrected chi connectivity index (χ3v) is 3.95. The largest absolute Gasteiger partial charge is 0.497 e. The summed E-state index contributed by atoms with van der Waals surface area (Å²) in [4.78, 5) is 12.5. The Bertz CT molecular complexity index is 461. The van der Waals surface area contributed by atoms with E-state index in [4.69, 9.17) is 9.47 Å². The molecule has 1 fully saturated rings. The molecule has 0 saturated carbocycles. The van der Waals surface area contributed by atoms with Gasteiger partial charge in [-0.25, -0.2) is 0 Å². The molecule has 1 aliphatic heterocycles. The molecule has 4 nitrogen and oxygen atoms in total. The molecule has 1 aromatic rings. The maximum atomic E-state index is 12.5. The van der Waals surface area contributed by atoms with E-state index < -0.39 is 5.41 Å². The first-order chi connectivity index (χ1) is 9.70. The van der Waals surface area contributed by atoms with E-state index in [0.29, 0.717) is 13.0 Å². The molecule has 0 aliphatic carbocycles. The van der Waals surface area contributed by atoms with Crippen LogP contribution in [-0.2, 0) is 16.0 Å². The van der Waals surface area contributed by atoms with Crippen LogP contribution in [0.15, 0.2) is 24.3 Å². The van der Waals surface area contributed by atoms with Gasteiger partial charge in [-0.1, -0.05) is 18.6 Å². The van der Waals surface area contributed by atoms with E-state index in [2.05, 4.69) is 5.32 Å². The van der Waals surface area contributed by atoms with Crippen molar-refractivity contribution in [1.29, 1.82) is 0 Å². The Balaban J connectivity index is 2.24. The summed E-state index contributed by atoms with van der Waals surface area (Å²) in [5, 5.41) is 3.02. The van der Waals surface area contributed by atoms with E-state index >= 15 is 0 Å². The molecule has 20 heavy (non-hydrogen) atoms. The lowest BCUT2D eigenvalue weighted by molar-refractivity contribution is -0.134. The van der Waals surface area contributed by atoms with Crippen molar-refractivity contribution in [1.82, 2.24) is 5.32 Å². The molecule has 1 aliphatic rings. The number of hydrogen-bond acceptors (Lipinski definition) is 3. The molecule has 110 valence electrons. The number of rotatable bonds is 5. The molecular weight excluding hydrogens is 254 g/mol. The second kappa shape index (κ2) is 6.75. The van der Waals surface area contributed by atoms with Crippen LogP contribution in [0.2, 0.25) is 0 Å². The van der Waals surface area contributed by atoms with Gasteiger partial charge >= 0.3 is 0 Å². The summed E-state index contributed by atoms with van der Waals surface area (Å²) in [6.07, 6.45) is 3.63. The second-order valence-corrected chi connectivity index (χ2v) is 5.45. The van der Waals surface area contributed by atoms with Gasteiger partial charge in [0.15, 0.2) is 0 Å². The third-order valence-electron chi connectivity index (χ3n) is 3.95. The monoisotopic (exact) mass is 277 g/mol. The highest BCUT2D eigenvalue weighted by molar-refractivity contribution is 5.83. The summed E-state index contributed by atoms with van der Waals surface area (Å²) in [7, 11) is 3.31. The Hall–Kier alpha value is -1.55. The fourth-order valence-corrected chi connectivity index (χ4v) is 2.90. The van der Waals surface area contributed by atoms with Crippen molar-refractivity contribution >= 4 is 5.91 Å². The molecule has 0 aromatic heterocycles. The van der Waals surface area contributed by atoms with E-state index in [-0.39, 0.29) is 5.91 Å². The zero-order valence-electron chi connectivity index (χ0n) is 12.3. The first-order valence-electron chi connectivity index (χ1n) is 7.10. The van der Waals surface area contributed by atoms with Gasteiger partial charge in [0.05, 0.1) is 19.1 Å². The van der Waals surface area contributed by atoms with E-state index in [1.807, 2.05) is 24.3 Å². The molecule has 1 saturated heterocycles. The van der Waals surface area contributed by atoms with Gasteiger partial charge in [-0.2, -0.15) is 0 Å². The molecule has 1 N–H and O–H groups in total. The fourth-order valence-electron chi connectivity index (χ4n) is 2.90. The Kier molecular flexibility index (Phi) is 5.01. The first-order valence-corrected chi connectivity index (χ1v) is 7.10. The van der Waals surface area contributed by atoms with Crippen LogP contribution in [-0.4, -0.2) is 33.3 Å². The average Bonchev–Trinajstić information content (AvgIpc) is 2.63. The smallest absolute Gasteiger partial charge is 0.228 e. The highest BCUT2D eigenvalue weighted by Gasteiger charge is 2.39. The highest BCUT2D eigenvalue weighted by atomic mass is 16.5. The molecular formula is C16H23NO3.